The molecule has 0 bridgehead atoms. The predicted molar refractivity (Wildman–Crippen MR) is 58.5 cm³/mol. The van der Waals surface area contributed by atoms with Crippen molar-refractivity contribution in [2.45, 2.75) is 57.3 Å². The van der Waals surface area contributed by atoms with Crippen molar-refractivity contribution in [1.29, 1.82) is 0 Å². The molecule has 17 heavy (non-hydrogen) atoms. The molecule has 1 heterocycles. The van der Waals surface area contributed by atoms with Gasteiger partial charge in [-0.1, -0.05) is 6.42 Å². The van der Waals surface area contributed by atoms with Crippen LogP contribution in [0.5, 0.6) is 0 Å². The summed E-state index contributed by atoms with van der Waals surface area (Å²) in [4.78, 5) is 11.5. The van der Waals surface area contributed by atoms with Crippen LogP contribution in [0.1, 0.15) is 39.0 Å². The molecule has 2 N–H and O–H groups in total. The zero-order valence-electron chi connectivity index (χ0n) is 9.94. The monoisotopic (exact) mass is 252 g/mol. The van der Waals surface area contributed by atoms with Gasteiger partial charge in [0.05, 0.1) is 6.42 Å². The third kappa shape index (κ3) is 6.51. The summed E-state index contributed by atoms with van der Waals surface area (Å²) >= 11 is 0. The summed E-state index contributed by atoms with van der Waals surface area (Å²) in [5, 5.41) is 5.57. The van der Waals surface area contributed by atoms with E-state index in [1.165, 1.54) is 6.92 Å². The fourth-order valence-electron chi connectivity index (χ4n) is 2.05. The van der Waals surface area contributed by atoms with Gasteiger partial charge in [-0.05, 0) is 26.3 Å². The minimum Gasteiger partial charge on any atom is -0.353 e. The van der Waals surface area contributed by atoms with Crippen LogP contribution in [0.4, 0.5) is 13.2 Å². The highest BCUT2D eigenvalue weighted by Gasteiger charge is 2.30. The minimum atomic E-state index is -4.23. The molecule has 2 unspecified atom stereocenters. The second kappa shape index (κ2) is 6.23. The summed E-state index contributed by atoms with van der Waals surface area (Å²) in [5.41, 5.74) is 0. The van der Waals surface area contributed by atoms with Crippen molar-refractivity contribution in [2.75, 3.05) is 6.54 Å². The third-order valence-electron chi connectivity index (χ3n) is 2.79. The molecule has 0 aromatic rings. The highest BCUT2D eigenvalue weighted by atomic mass is 19.4. The van der Waals surface area contributed by atoms with Crippen molar-refractivity contribution in [3.63, 3.8) is 0 Å². The van der Waals surface area contributed by atoms with E-state index in [9.17, 15) is 18.0 Å². The number of hydrogen-bond donors (Lipinski definition) is 2. The lowest BCUT2D eigenvalue weighted by molar-refractivity contribution is -0.141. The summed E-state index contributed by atoms with van der Waals surface area (Å²) in [6, 6.07) is -0.743. The minimum absolute atomic E-state index is 0.113. The van der Waals surface area contributed by atoms with Crippen molar-refractivity contribution in [2.24, 2.45) is 0 Å². The number of carbonyl (C=O) groups excluding carboxylic acids is 1. The number of carbonyl (C=O) groups is 1. The summed E-state index contributed by atoms with van der Waals surface area (Å²) in [6.07, 6.45) is -1.85. The lowest BCUT2D eigenvalue weighted by Crippen LogP contribution is -2.42. The second-order valence-electron chi connectivity index (χ2n) is 4.64. The van der Waals surface area contributed by atoms with Crippen molar-refractivity contribution in [3.8, 4) is 0 Å². The van der Waals surface area contributed by atoms with Gasteiger partial charge in [-0.25, -0.2) is 0 Å². The molecule has 0 saturated carbocycles. The van der Waals surface area contributed by atoms with Gasteiger partial charge >= 0.3 is 6.18 Å². The first-order valence-electron chi connectivity index (χ1n) is 5.96. The number of alkyl halides is 3. The van der Waals surface area contributed by atoms with E-state index in [0.717, 1.165) is 25.8 Å². The van der Waals surface area contributed by atoms with Gasteiger partial charge in [0, 0.05) is 18.5 Å². The maximum absolute atomic E-state index is 12.1. The molecule has 0 aromatic heterocycles. The Bertz CT molecular complexity index is 250. The van der Waals surface area contributed by atoms with Crippen molar-refractivity contribution in [3.05, 3.63) is 0 Å². The van der Waals surface area contributed by atoms with Gasteiger partial charge in [0.2, 0.25) is 5.91 Å². The van der Waals surface area contributed by atoms with Crippen LogP contribution in [-0.2, 0) is 4.79 Å². The number of amides is 1. The molecule has 1 saturated heterocycles. The molecule has 1 amide bonds. The summed E-state index contributed by atoms with van der Waals surface area (Å²) in [5.74, 6) is -0.304. The van der Waals surface area contributed by atoms with E-state index in [2.05, 4.69) is 10.6 Å². The smallest absolute Gasteiger partial charge is 0.353 e. The highest BCUT2D eigenvalue weighted by Crippen LogP contribution is 2.21. The molecule has 100 valence electrons. The maximum Gasteiger partial charge on any atom is 0.391 e. The van der Waals surface area contributed by atoms with Gasteiger partial charge in [-0.15, -0.1) is 0 Å². The van der Waals surface area contributed by atoms with Gasteiger partial charge < -0.3 is 10.6 Å². The molecule has 0 spiro atoms. The van der Waals surface area contributed by atoms with E-state index in [4.69, 9.17) is 0 Å². The zero-order chi connectivity index (χ0) is 12.9. The Morgan fingerprint density at radius 1 is 1.47 bits per heavy atom. The molecule has 0 radical (unpaired) electrons. The number of hydrogen-bond acceptors (Lipinski definition) is 2. The number of piperidine rings is 1. The topological polar surface area (TPSA) is 41.1 Å². The summed E-state index contributed by atoms with van der Waals surface area (Å²) in [7, 11) is 0. The standard InChI is InChI=1S/C11H19F3N2O/c1-8(7-11(12,13)14)16-10(17)6-9-4-2-3-5-15-9/h8-9,15H,2-7H2,1H3,(H,16,17). The molecule has 1 aliphatic rings. The van der Waals surface area contributed by atoms with Crippen LogP contribution >= 0.6 is 0 Å². The predicted octanol–water partition coefficient (Wildman–Crippen LogP) is 1.98. The van der Waals surface area contributed by atoms with E-state index in [-0.39, 0.29) is 18.4 Å². The fourth-order valence-corrected chi connectivity index (χ4v) is 2.05. The normalized spacial score (nSPS) is 23.2. The lowest BCUT2D eigenvalue weighted by atomic mass is 10.0. The average Bonchev–Trinajstić information content (AvgIpc) is 2.15. The molecule has 6 heteroatoms. The van der Waals surface area contributed by atoms with Crippen molar-refractivity contribution in [1.82, 2.24) is 10.6 Å². The lowest BCUT2D eigenvalue weighted by Gasteiger charge is -2.24. The van der Waals surface area contributed by atoms with Gasteiger partial charge in [0.25, 0.3) is 0 Å². The Hall–Kier alpha value is -0.780. The zero-order valence-corrected chi connectivity index (χ0v) is 9.94. The number of halogens is 3. The molecular formula is C11H19F3N2O. The Balaban J connectivity index is 2.23. The Morgan fingerprint density at radius 2 is 2.18 bits per heavy atom. The average molecular weight is 252 g/mol. The quantitative estimate of drug-likeness (QED) is 0.803. The highest BCUT2D eigenvalue weighted by molar-refractivity contribution is 5.76. The van der Waals surface area contributed by atoms with Crippen LogP contribution in [0.3, 0.4) is 0 Å². The molecule has 1 fully saturated rings. The molecule has 0 aromatic carbocycles. The van der Waals surface area contributed by atoms with E-state index >= 15 is 0 Å². The van der Waals surface area contributed by atoms with Crippen LogP contribution in [0, 0.1) is 0 Å². The Morgan fingerprint density at radius 3 is 2.71 bits per heavy atom. The Kier molecular flexibility index (Phi) is 5.24. The molecule has 3 nitrogen and oxygen atoms in total. The van der Waals surface area contributed by atoms with Gasteiger partial charge in [-0.3, -0.25) is 4.79 Å². The van der Waals surface area contributed by atoms with Crippen molar-refractivity contribution >= 4 is 5.91 Å². The first kappa shape index (κ1) is 14.3. The van der Waals surface area contributed by atoms with Gasteiger partial charge in [0.1, 0.15) is 0 Å². The number of rotatable bonds is 4. The Labute approximate surface area is 99.1 Å². The van der Waals surface area contributed by atoms with Crippen LogP contribution in [0.25, 0.3) is 0 Å². The third-order valence-corrected chi connectivity index (χ3v) is 2.79. The van der Waals surface area contributed by atoms with Crippen LogP contribution in [-0.4, -0.2) is 30.7 Å². The first-order chi connectivity index (χ1) is 7.87. The summed E-state index contributed by atoms with van der Waals surface area (Å²) < 4.78 is 36.2. The van der Waals surface area contributed by atoms with E-state index in [0.29, 0.717) is 0 Å². The van der Waals surface area contributed by atoms with E-state index in [1.54, 1.807) is 0 Å². The molecule has 2 atom stereocenters. The number of nitrogens with one attached hydrogen (secondary N) is 2. The maximum atomic E-state index is 12.1. The van der Waals surface area contributed by atoms with Crippen molar-refractivity contribution < 1.29 is 18.0 Å². The van der Waals surface area contributed by atoms with Crippen LogP contribution in [0.2, 0.25) is 0 Å². The van der Waals surface area contributed by atoms with Crippen LogP contribution < -0.4 is 10.6 Å². The van der Waals surface area contributed by atoms with Crippen LogP contribution in [0.15, 0.2) is 0 Å². The molecule has 0 aliphatic carbocycles. The molecular weight excluding hydrogens is 233 g/mol. The second-order valence-corrected chi connectivity index (χ2v) is 4.64. The SMILES string of the molecule is CC(CC(F)(F)F)NC(=O)CC1CCCCN1. The van der Waals surface area contributed by atoms with Gasteiger partial charge in [0.15, 0.2) is 0 Å². The summed E-state index contributed by atoms with van der Waals surface area (Å²) in [6.45, 7) is 2.26. The molecule has 1 aliphatic heterocycles. The largest absolute Gasteiger partial charge is 0.391 e. The van der Waals surface area contributed by atoms with E-state index < -0.39 is 18.6 Å². The van der Waals surface area contributed by atoms with Gasteiger partial charge in [-0.2, -0.15) is 13.2 Å². The van der Waals surface area contributed by atoms with E-state index in [1.807, 2.05) is 0 Å². The fraction of sp³-hybridized carbons (Fsp3) is 0.909. The first-order valence-corrected chi connectivity index (χ1v) is 5.96. The molecule has 1 rings (SSSR count).